The van der Waals surface area contributed by atoms with Gasteiger partial charge in [-0.2, -0.15) is 5.10 Å². The maximum Gasteiger partial charge on any atom is 0.224 e. The quantitative estimate of drug-likeness (QED) is 0.867. The Morgan fingerprint density at radius 2 is 2.24 bits per heavy atom. The predicted molar refractivity (Wildman–Crippen MR) is 80.4 cm³/mol. The molecule has 4 heteroatoms. The monoisotopic (exact) mass is 285 g/mol. The van der Waals surface area contributed by atoms with Gasteiger partial charge in [0.1, 0.15) is 0 Å². The van der Waals surface area contributed by atoms with Crippen molar-refractivity contribution >= 4 is 5.91 Å². The van der Waals surface area contributed by atoms with Gasteiger partial charge in [0.2, 0.25) is 5.91 Å². The number of aryl methyl sites for hydroxylation is 2. The smallest absolute Gasteiger partial charge is 0.224 e. The van der Waals surface area contributed by atoms with Crippen LogP contribution in [0.4, 0.5) is 0 Å². The van der Waals surface area contributed by atoms with Crippen molar-refractivity contribution in [3.8, 4) is 0 Å². The van der Waals surface area contributed by atoms with Gasteiger partial charge in [-0.25, -0.2) is 0 Å². The number of carbonyl (C=O) groups excluding carboxylic acids is 1. The fourth-order valence-corrected chi connectivity index (χ4v) is 4.71. The molecule has 4 atom stereocenters. The molecule has 0 saturated heterocycles. The highest BCUT2D eigenvalue weighted by molar-refractivity contribution is 5.81. The molecule has 0 aromatic carbocycles. The van der Waals surface area contributed by atoms with Gasteiger partial charge in [-0.1, -0.05) is 12.2 Å². The van der Waals surface area contributed by atoms with Gasteiger partial charge in [0.25, 0.3) is 0 Å². The predicted octanol–water partition coefficient (Wildman–Crippen LogP) is 2.51. The van der Waals surface area contributed by atoms with Gasteiger partial charge in [0, 0.05) is 24.7 Å². The van der Waals surface area contributed by atoms with E-state index in [0.29, 0.717) is 17.3 Å². The molecule has 2 fully saturated rings. The average Bonchev–Trinajstić information content (AvgIpc) is 2.97. The molecule has 1 amide bonds. The summed E-state index contributed by atoms with van der Waals surface area (Å²) >= 11 is 0. The van der Waals surface area contributed by atoms with E-state index >= 15 is 0 Å². The van der Waals surface area contributed by atoms with E-state index in [1.165, 1.54) is 12.8 Å². The van der Waals surface area contributed by atoms with Crippen molar-refractivity contribution in [1.29, 1.82) is 0 Å². The molecule has 1 aromatic rings. The fourth-order valence-electron chi connectivity index (χ4n) is 4.71. The molecular weight excluding hydrogens is 262 g/mol. The first-order valence-corrected chi connectivity index (χ1v) is 8.00. The van der Waals surface area contributed by atoms with Crippen LogP contribution in [0.1, 0.15) is 43.5 Å². The minimum absolute atomic E-state index is 0.0319. The third-order valence-electron chi connectivity index (χ3n) is 5.94. The number of amides is 1. The second-order valence-corrected chi connectivity index (χ2v) is 7.17. The van der Waals surface area contributed by atoms with Crippen LogP contribution >= 0.6 is 0 Å². The molecule has 0 unspecified atom stereocenters. The average molecular weight is 285 g/mol. The Morgan fingerprint density at radius 1 is 1.48 bits per heavy atom. The van der Waals surface area contributed by atoms with Crippen LogP contribution < -0.4 is 5.32 Å². The number of hydrogen-bond acceptors (Lipinski definition) is 2. The second kappa shape index (κ2) is 4.21. The topological polar surface area (TPSA) is 46.9 Å². The number of hydrogen-bond donors (Lipinski definition) is 1. The molecule has 112 valence electrons. The Balaban J connectivity index is 1.47. The van der Waals surface area contributed by atoms with E-state index in [0.717, 1.165) is 17.7 Å². The lowest BCUT2D eigenvalue weighted by Gasteiger charge is -2.22. The molecule has 1 N–H and O–H groups in total. The van der Waals surface area contributed by atoms with Gasteiger partial charge in [-0.3, -0.25) is 9.48 Å². The summed E-state index contributed by atoms with van der Waals surface area (Å²) in [4.78, 5) is 12.7. The summed E-state index contributed by atoms with van der Waals surface area (Å²) in [7, 11) is 1.92. The van der Waals surface area contributed by atoms with Gasteiger partial charge in [-0.05, 0) is 50.4 Å². The molecule has 0 aliphatic heterocycles. The van der Waals surface area contributed by atoms with Crippen LogP contribution in [-0.4, -0.2) is 15.7 Å². The lowest BCUT2D eigenvalue weighted by Crippen LogP contribution is -2.35. The van der Waals surface area contributed by atoms with E-state index < -0.39 is 0 Å². The van der Waals surface area contributed by atoms with Crippen LogP contribution in [0.5, 0.6) is 0 Å². The highest BCUT2D eigenvalue weighted by Gasteiger charge is 2.64. The zero-order valence-electron chi connectivity index (χ0n) is 13.0. The van der Waals surface area contributed by atoms with Crippen molar-refractivity contribution in [2.45, 2.75) is 39.2 Å². The first-order valence-electron chi connectivity index (χ1n) is 8.00. The van der Waals surface area contributed by atoms with Crippen molar-refractivity contribution in [1.82, 2.24) is 15.1 Å². The number of nitrogens with one attached hydrogen (secondary N) is 1. The second-order valence-electron chi connectivity index (χ2n) is 7.17. The summed E-state index contributed by atoms with van der Waals surface area (Å²) in [5, 5.41) is 7.58. The Labute approximate surface area is 125 Å². The molecule has 3 aliphatic carbocycles. The molecule has 4 rings (SSSR count). The van der Waals surface area contributed by atoms with Crippen LogP contribution in [0.15, 0.2) is 18.3 Å². The third kappa shape index (κ3) is 1.81. The summed E-state index contributed by atoms with van der Waals surface area (Å²) in [5.74, 6) is 1.56. The highest BCUT2D eigenvalue weighted by Crippen LogP contribution is 2.70. The molecule has 0 radical (unpaired) electrons. The standard InChI is InChI=1S/C17H23N3O/c1-10(14-9-20(3)19-11(14)2)18-16(21)13-8-12-4-5-15(13)17(12)6-7-17/h4-5,9-10,12-13,15H,6-8H2,1-3H3,(H,18,21)/t10-,12+,13+,15+/m0/s1. The van der Waals surface area contributed by atoms with Gasteiger partial charge < -0.3 is 5.32 Å². The third-order valence-corrected chi connectivity index (χ3v) is 5.94. The van der Waals surface area contributed by atoms with Crippen LogP contribution in [-0.2, 0) is 11.8 Å². The van der Waals surface area contributed by atoms with E-state index in [1.54, 1.807) is 0 Å². The number of allylic oxidation sites excluding steroid dienone is 2. The normalized spacial score (nSPS) is 32.6. The SMILES string of the molecule is Cc1nn(C)cc1[C@H](C)NC(=O)[C@@H]1C[C@H]2C=C[C@H]1C21CC1. The largest absolute Gasteiger partial charge is 0.349 e. The van der Waals surface area contributed by atoms with E-state index in [2.05, 4.69) is 29.5 Å². The van der Waals surface area contributed by atoms with Gasteiger partial charge >= 0.3 is 0 Å². The number of carbonyl (C=O) groups is 1. The molecule has 2 saturated carbocycles. The van der Waals surface area contributed by atoms with E-state index in [9.17, 15) is 4.79 Å². The summed E-state index contributed by atoms with van der Waals surface area (Å²) in [5.41, 5.74) is 2.60. The summed E-state index contributed by atoms with van der Waals surface area (Å²) in [6, 6.07) is 0.0319. The maximum absolute atomic E-state index is 12.7. The first kappa shape index (κ1) is 13.1. The van der Waals surface area contributed by atoms with Gasteiger partial charge in [0.15, 0.2) is 0 Å². The first-order chi connectivity index (χ1) is 10.0. The van der Waals surface area contributed by atoms with Crippen LogP contribution in [0, 0.1) is 30.1 Å². The Kier molecular flexibility index (Phi) is 2.63. The molecule has 3 aliphatic rings. The summed E-state index contributed by atoms with van der Waals surface area (Å²) < 4.78 is 1.81. The number of aromatic nitrogens is 2. The van der Waals surface area contributed by atoms with Crippen molar-refractivity contribution < 1.29 is 4.79 Å². The van der Waals surface area contributed by atoms with Crippen molar-refractivity contribution in [2.24, 2.45) is 30.2 Å². The minimum Gasteiger partial charge on any atom is -0.349 e. The Bertz CT molecular complexity index is 626. The fraction of sp³-hybridized carbons (Fsp3) is 0.647. The lowest BCUT2D eigenvalue weighted by atomic mass is 9.88. The maximum atomic E-state index is 12.7. The zero-order chi connectivity index (χ0) is 14.8. The molecule has 21 heavy (non-hydrogen) atoms. The van der Waals surface area contributed by atoms with E-state index in [-0.39, 0.29) is 17.9 Å². The zero-order valence-corrected chi connectivity index (χ0v) is 13.0. The minimum atomic E-state index is 0.0319. The molecule has 1 spiro atoms. The van der Waals surface area contributed by atoms with Gasteiger partial charge in [-0.15, -0.1) is 0 Å². The van der Waals surface area contributed by atoms with E-state index in [4.69, 9.17) is 0 Å². The van der Waals surface area contributed by atoms with Crippen molar-refractivity contribution in [3.05, 3.63) is 29.6 Å². The lowest BCUT2D eigenvalue weighted by molar-refractivity contribution is -0.126. The molecule has 4 nitrogen and oxygen atoms in total. The van der Waals surface area contributed by atoms with Gasteiger partial charge in [0.05, 0.1) is 11.7 Å². The van der Waals surface area contributed by atoms with Crippen LogP contribution in [0.2, 0.25) is 0 Å². The van der Waals surface area contributed by atoms with E-state index in [1.807, 2.05) is 24.9 Å². The molecule has 2 bridgehead atoms. The Hall–Kier alpha value is -1.58. The number of rotatable bonds is 3. The summed E-state index contributed by atoms with van der Waals surface area (Å²) in [6.07, 6.45) is 10.4. The van der Waals surface area contributed by atoms with Crippen LogP contribution in [0.25, 0.3) is 0 Å². The molecular formula is C17H23N3O. The highest BCUT2D eigenvalue weighted by atomic mass is 16.2. The summed E-state index contributed by atoms with van der Waals surface area (Å²) in [6.45, 7) is 4.05. The molecule has 1 heterocycles. The Morgan fingerprint density at radius 3 is 2.81 bits per heavy atom. The van der Waals surface area contributed by atoms with Crippen molar-refractivity contribution in [3.63, 3.8) is 0 Å². The number of nitrogens with zero attached hydrogens (tertiary/aromatic N) is 2. The molecule has 1 aromatic heterocycles. The van der Waals surface area contributed by atoms with Crippen molar-refractivity contribution in [2.75, 3.05) is 0 Å². The van der Waals surface area contributed by atoms with Crippen LogP contribution in [0.3, 0.4) is 0 Å².